The van der Waals surface area contributed by atoms with Crippen LogP contribution in [0, 0.1) is 11.8 Å². The molecular weight excluding hydrogens is 376 g/mol. The summed E-state index contributed by atoms with van der Waals surface area (Å²) < 4.78 is 7.87. The number of carbonyl (C=O) groups excluding carboxylic acids is 1. The number of aryl methyl sites for hydroxylation is 1. The minimum Gasteiger partial charge on any atom is -0.376 e. The van der Waals surface area contributed by atoms with Gasteiger partial charge in [-0.3, -0.25) is 14.4 Å². The first-order valence-corrected chi connectivity index (χ1v) is 12.4. The summed E-state index contributed by atoms with van der Waals surface area (Å²) in [6, 6.07) is 0. The van der Waals surface area contributed by atoms with E-state index in [1.54, 1.807) is 0 Å². The van der Waals surface area contributed by atoms with Gasteiger partial charge in [-0.1, -0.05) is 32.1 Å². The van der Waals surface area contributed by atoms with Crippen LogP contribution in [0.25, 0.3) is 0 Å². The van der Waals surface area contributed by atoms with E-state index in [0.717, 1.165) is 77.4 Å². The van der Waals surface area contributed by atoms with Crippen molar-refractivity contribution < 1.29 is 9.53 Å². The summed E-state index contributed by atoms with van der Waals surface area (Å²) in [4.78, 5) is 14.8. The fourth-order valence-corrected chi connectivity index (χ4v) is 5.49. The predicted molar refractivity (Wildman–Crippen MR) is 118 cm³/mol. The third-order valence-electron chi connectivity index (χ3n) is 7.45. The number of carbonyl (C=O) groups is 1. The number of nitrogens with one attached hydrogen (secondary N) is 1. The Morgan fingerprint density at radius 2 is 1.93 bits per heavy atom. The molecule has 0 aromatic carbocycles. The van der Waals surface area contributed by atoms with Gasteiger partial charge in [0, 0.05) is 43.7 Å². The number of nitrogens with zero attached hydrogens (tertiary/aromatic N) is 3. The van der Waals surface area contributed by atoms with Gasteiger partial charge >= 0.3 is 0 Å². The molecule has 1 saturated carbocycles. The Morgan fingerprint density at radius 1 is 1.13 bits per heavy atom. The zero-order valence-electron chi connectivity index (χ0n) is 18.8. The quantitative estimate of drug-likeness (QED) is 0.703. The van der Waals surface area contributed by atoms with Crippen LogP contribution in [0.3, 0.4) is 0 Å². The number of ether oxygens (including phenoxy) is 1. The van der Waals surface area contributed by atoms with E-state index >= 15 is 0 Å². The molecule has 4 rings (SSSR count). The molecule has 2 aliphatic heterocycles. The van der Waals surface area contributed by atoms with Gasteiger partial charge in [0.1, 0.15) is 0 Å². The predicted octanol–water partition coefficient (Wildman–Crippen LogP) is 3.66. The maximum absolute atomic E-state index is 12.3. The molecule has 1 aliphatic carbocycles. The Balaban J connectivity index is 1.16. The van der Waals surface area contributed by atoms with Gasteiger partial charge in [-0.2, -0.15) is 5.10 Å². The number of likely N-dealkylation sites (tertiary alicyclic amines) is 1. The van der Waals surface area contributed by atoms with E-state index in [1.807, 2.05) is 0 Å². The van der Waals surface area contributed by atoms with Crippen LogP contribution in [-0.4, -0.2) is 46.8 Å². The molecule has 1 saturated heterocycles. The topological polar surface area (TPSA) is 59.4 Å². The van der Waals surface area contributed by atoms with Gasteiger partial charge in [0.15, 0.2) is 0 Å². The first-order valence-electron chi connectivity index (χ1n) is 12.4. The summed E-state index contributed by atoms with van der Waals surface area (Å²) in [5.74, 6) is 1.67. The highest BCUT2D eigenvalue weighted by Gasteiger charge is 2.25. The molecule has 1 aromatic rings. The minimum atomic E-state index is 0.264. The number of aromatic nitrogens is 2. The van der Waals surface area contributed by atoms with Crippen LogP contribution in [0.4, 0.5) is 0 Å². The lowest BCUT2D eigenvalue weighted by Crippen LogP contribution is -2.38. The number of amides is 1. The maximum Gasteiger partial charge on any atom is 0.220 e. The molecule has 1 amide bonds. The standard InChI is InChI=1S/C24H40N4O2/c1-2-28-23-12-15-30-18-21(23)22(26-28)17-27-13-10-20(11-14-27)16-25-24(29)9-8-19-6-4-3-5-7-19/h19-20H,2-18H2,1H3,(H,25,29). The molecule has 1 aromatic heterocycles. The Labute approximate surface area is 181 Å². The van der Waals surface area contributed by atoms with Crippen LogP contribution in [0.2, 0.25) is 0 Å². The molecular formula is C24H40N4O2. The molecule has 2 fully saturated rings. The average Bonchev–Trinajstić information content (AvgIpc) is 3.15. The number of rotatable bonds is 8. The molecule has 0 atom stereocenters. The Morgan fingerprint density at radius 3 is 2.70 bits per heavy atom. The largest absolute Gasteiger partial charge is 0.376 e. The molecule has 0 radical (unpaired) electrons. The van der Waals surface area contributed by atoms with Gasteiger partial charge in [0.05, 0.1) is 18.9 Å². The highest BCUT2D eigenvalue weighted by Crippen LogP contribution is 2.27. The van der Waals surface area contributed by atoms with Gasteiger partial charge in [-0.25, -0.2) is 0 Å². The van der Waals surface area contributed by atoms with Gasteiger partial charge in [-0.15, -0.1) is 0 Å². The van der Waals surface area contributed by atoms with Crippen molar-refractivity contribution in [3.05, 3.63) is 17.0 Å². The fourth-order valence-electron chi connectivity index (χ4n) is 5.49. The molecule has 0 unspecified atom stereocenters. The van der Waals surface area contributed by atoms with Crippen LogP contribution >= 0.6 is 0 Å². The zero-order chi connectivity index (χ0) is 20.8. The maximum atomic E-state index is 12.3. The van der Waals surface area contributed by atoms with Gasteiger partial charge in [0.25, 0.3) is 0 Å². The number of fused-ring (bicyclic) bond motifs is 1. The first-order chi connectivity index (χ1) is 14.7. The van der Waals surface area contributed by atoms with Crippen molar-refractivity contribution in [1.29, 1.82) is 0 Å². The van der Waals surface area contributed by atoms with Crippen molar-refractivity contribution in [3.8, 4) is 0 Å². The van der Waals surface area contributed by atoms with Crippen molar-refractivity contribution in [3.63, 3.8) is 0 Å². The van der Waals surface area contributed by atoms with Gasteiger partial charge < -0.3 is 10.1 Å². The number of hydrogen-bond acceptors (Lipinski definition) is 4. The van der Waals surface area contributed by atoms with E-state index in [9.17, 15) is 4.79 Å². The van der Waals surface area contributed by atoms with Crippen molar-refractivity contribution in [1.82, 2.24) is 20.0 Å². The smallest absolute Gasteiger partial charge is 0.220 e. The third kappa shape index (κ3) is 5.64. The van der Waals surface area contributed by atoms with Crippen LogP contribution < -0.4 is 5.32 Å². The van der Waals surface area contributed by atoms with Gasteiger partial charge in [0.2, 0.25) is 5.91 Å². The summed E-state index contributed by atoms with van der Waals surface area (Å²) in [5, 5.41) is 8.10. The van der Waals surface area contributed by atoms with E-state index in [2.05, 4.69) is 21.8 Å². The van der Waals surface area contributed by atoms with Crippen LogP contribution in [-0.2, 0) is 35.6 Å². The molecule has 0 spiro atoms. The zero-order valence-corrected chi connectivity index (χ0v) is 18.8. The monoisotopic (exact) mass is 416 g/mol. The van der Waals surface area contributed by atoms with Crippen molar-refractivity contribution in [2.45, 2.75) is 90.8 Å². The molecule has 168 valence electrons. The number of hydrogen-bond donors (Lipinski definition) is 1. The highest BCUT2D eigenvalue weighted by atomic mass is 16.5. The second kappa shape index (κ2) is 10.8. The van der Waals surface area contributed by atoms with Gasteiger partial charge in [-0.05, 0) is 51.1 Å². The van der Waals surface area contributed by atoms with E-state index in [1.165, 1.54) is 49.1 Å². The Hall–Kier alpha value is -1.40. The average molecular weight is 417 g/mol. The summed E-state index contributed by atoms with van der Waals surface area (Å²) >= 11 is 0. The van der Waals surface area contributed by atoms with E-state index in [-0.39, 0.29) is 5.91 Å². The molecule has 3 heterocycles. The summed E-state index contributed by atoms with van der Waals surface area (Å²) in [6.07, 6.45) is 11.9. The van der Waals surface area contributed by atoms with Crippen LogP contribution in [0.1, 0.15) is 81.7 Å². The molecule has 3 aliphatic rings. The van der Waals surface area contributed by atoms with Crippen molar-refractivity contribution >= 4 is 5.91 Å². The third-order valence-corrected chi connectivity index (χ3v) is 7.45. The lowest BCUT2D eigenvalue weighted by molar-refractivity contribution is -0.121. The number of piperidine rings is 1. The molecule has 30 heavy (non-hydrogen) atoms. The first kappa shape index (κ1) is 21.8. The summed E-state index contributed by atoms with van der Waals surface area (Å²) in [6.45, 7) is 8.61. The second-order valence-corrected chi connectivity index (χ2v) is 9.56. The lowest BCUT2D eigenvalue weighted by atomic mass is 9.86. The summed E-state index contributed by atoms with van der Waals surface area (Å²) in [7, 11) is 0. The minimum absolute atomic E-state index is 0.264. The van der Waals surface area contributed by atoms with E-state index in [4.69, 9.17) is 9.84 Å². The molecule has 6 nitrogen and oxygen atoms in total. The SMILES string of the molecule is CCn1nc(CN2CCC(CNC(=O)CCC3CCCCC3)CC2)c2c1CCOC2. The fraction of sp³-hybridized carbons (Fsp3) is 0.833. The molecule has 0 bridgehead atoms. The van der Waals surface area contributed by atoms with Crippen molar-refractivity contribution in [2.24, 2.45) is 11.8 Å². The van der Waals surface area contributed by atoms with E-state index < -0.39 is 0 Å². The molecule has 1 N–H and O–H groups in total. The molecule has 6 heteroatoms. The van der Waals surface area contributed by atoms with Crippen molar-refractivity contribution in [2.75, 3.05) is 26.2 Å². The van der Waals surface area contributed by atoms with Crippen LogP contribution in [0.15, 0.2) is 0 Å². The van der Waals surface area contributed by atoms with Crippen LogP contribution in [0.5, 0.6) is 0 Å². The normalized spacial score (nSPS) is 21.5. The van der Waals surface area contributed by atoms with E-state index in [0.29, 0.717) is 12.5 Å². The Kier molecular flexibility index (Phi) is 7.83. The summed E-state index contributed by atoms with van der Waals surface area (Å²) in [5.41, 5.74) is 3.92. The highest BCUT2D eigenvalue weighted by molar-refractivity contribution is 5.75. The second-order valence-electron chi connectivity index (χ2n) is 9.56. The lowest BCUT2D eigenvalue weighted by Gasteiger charge is -2.32. The Bertz CT molecular complexity index is 688.